The van der Waals surface area contributed by atoms with E-state index in [0.717, 1.165) is 24.6 Å². The molecule has 0 spiro atoms. The molecule has 0 N–H and O–H groups in total. The van der Waals surface area contributed by atoms with Gasteiger partial charge < -0.3 is 4.74 Å². The third kappa shape index (κ3) is 14.0. The van der Waals surface area contributed by atoms with Crippen LogP contribution >= 0.6 is 15.9 Å². The molecule has 0 radical (unpaired) electrons. The number of halogens is 1. The Bertz CT molecular complexity index is 183. The van der Waals surface area contributed by atoms with Crippen LogP contribution in [0.3, 0.4) is 0 Å². The minimum Gasteiger partial charge on any atom is -0.466 e. The van der Waals surface area contributed by atoms with Gasteiger partial charge in [0.25, 0.3) is 0 Å². The summed E-state index contributed by atoms with van der Waals surface area (Å²) in [6.07, 6.45) is 12.8. The first-order valence-corrected chi connectivity index (χ1v) is 8.65. The second-order valence-electron chi connectivity index (χ2n) is 4.84. The topological polar surface area (TPSA) is 26.3 Å². The zero-order valence-corrected chi connectivity index (χ0v) is 13.5. The first-order chi connectivity index (χ1) is 8.81. The minimum absolute atomic E-state index is 0.0288. The SMILES string of the molecule is CCCCCCCCCCOC(=O)CCCCBr. The molecular weight excluding hydrogens is 292 g/mol. The molecule has 0 aliphatic carbocycles. The van der Waals surface area contributed by atoms with E-state index in [1.165, 1.54) is 44.9 Å². The lowest BCUT2D eigenvalue weighted by molar-refractivity contribution is -0.143. The maximum absolute atomic E-state index is 11.3. The number of esters is 1. The molecule has 0 amide bonds. The summed E-state index contributed by atoms with van der Waals surface area (Å²) < 4.78 is 5.18. The van der Waals surface area contributed by atoms with Crippen LogP contribution in [0.25, 0.3) is 0 Å². The maximum Gasteiger partial charge on any atom is 0.305 e. The number of ether oxygens (including phenoxy) is 1. The van der Waals surface area contributed by atoms with Crippen molar-refractivity contribution in [2.75, 3.05) is 11.9 Å². The van der Waals surface area contributed by atoms with Gasteiger partial charge in [-0.05, 0) is 19.3 Å². The Balaban J connectivity index is 3.08. The lowest BCUT2D eigenvalue weighted by Gasteiger charge is -2.04. The van der Waals surface area contributed by atoms with Crippen molar-refractivity contribution in [3.8, 4) is 0 Å². The lowest BCUT2D eigenvalue weighted by atomic mass is 10.1. The number of hydrogen-bond acceptors (Lipinski definition) is 2. The Morgan fingerprint density at radius 1 is 0.889 bits per heavy atom. The molecule has 0 aliphatic rings. The molecule has 3 heteroatoms. The molecule has 0 atom stereocenters. The molecule has 0 aromatic carbocycles. The highest BCUT2D eigenvalue weighted by molar-refractivity contribution is 9.09. The van der Waals surface area contributed by atoms with Gasteiger partial charge in [0.1, 0.15) is 0 Å². The smallest absolute Gasteiger partial charge is 0.305 e. The standard InChI is InChI=1S/C15H29BrO2/c1-2-3-4-5-6-7-8-11-14-18-15(17)12-9-10-13-16/h2-14H2,1H3. The predicted molar refractivity (Wildman–Crippen MR) is 81.2 cm³/mol. The van der Waals surface area contributed by atoms with Crippen LogP contribution < -0.4 is 0 Å². The van der Waals surface area contributed by atoms with Gasteiger partial charge in [0, 0.05) is 11.8 Å². The van der Waals surface area contributed by atoms with Gasteiger partial charge in [0.15, 0.2) is 0 Å². The Labute approximate surface area is 121 Å². The number of alkyl halides is 1. The zero-order chi connectivity index (χ0) is 13.5. The molecule has 0 fully saturated rings. The van der Waals surface area contributed by atoms with Gasteiger partial charge in [-0.15, -0.1) is 0 Å². The first-order valence-electron chi connectivity index (χ1n) is 7.52. The van der Waals surface area contributed by atoms with E-state index in [-0.39, 0.29) is 5.97 Å². The fourth-order valence-corrected chi connectivity index (χ4v) is 2.25. The number of rotatable bonds is 13. The molecule has 0 heterocycles. The van der Waals surface area contributed by atoms with E-state index in [1.54, 1.807) is 0 Å². The molecule has 0 aromatic rings. The Morgan fingerprint density at radius 3 is 2.11 bits per heavy atom. The molecule has 0 aliphatic heterocycles. The van der Waals surface area contributed by atoms with Crippen molar-refractivity contribution in [2.24, 2.45) is 0 Å². The number of unbranched alkanes of at least 4 members (excludes halogenated alkanes) is 8. The second kappa shape index (κ2) is 15.0. The number of hydrogen-bond donors (Lipinski definition) is 0. The number of carbonyl (C=O) groups is 1. The second-order valence-corrected chi connectivity index (χ2v) is 5.63. The lowest BCUT2D eigenvalue weighted by Crippen LogP contribution is -2.05. The quantitative estimate of drug-likeness (QED) is 0.263. The van der Waals surface area contributed by atoms with Crippen LogP contribution in [0.5, 0.6) is 0 Å². The number of carbonyl (C=O) groups excluding carboxylic acids is 1. The van der Waals surface area contributed by atoms with E-state index in [9.17, 15) is 4.79 Å². The molecule has 18 heavy (non-hydrogen) atoms. The fraction of sp³-hybridized carbons (Fsp3) is 0.933. The average molecular weight is 321 g/mol. The summed E-state index contributed by atoms with van der Waals surface area (Å²) in [5, 5.41) is 0.971. The Hall–Kier alpha value is -0.0500. The first kappa shape index (κ1) is 17.9. The van der Waals surface area contributed by atoms with E-state index < -0.39 is 0 Å². The van der Waals surface area contributed by atoms with Gasteiger partial charge in [-0.25, -0.2) is 0 Å². The fourth-order valence-electron chi connectivity index (χ4n) is 1.86. The van der Waals surface area contributed by atoms with Crippen LogP contribution in [0.2, 0.25) is 0 Å². The van der Waals surface area contributed by atoms with Crippen LogP contribution in [0.1, 0.15) is 77.6 Å². The molecular formula is C15H29BrO2. The van der Waals surface area contributed by atoms with Crippen LogP contribution in [-0.4, -0.2) is 17.9 Å². The normalized spacial score (nSPS) is 10.6. The summed E-state index contributed by atoms with van der Waals surface area (Å²) in [7, 11) is 0. The van der Waals surface area contributed by atoms with E-state index in [0.29, 0.717) is 13.0 Å². The summed E-state index contributed by atoms with van der Waals surface area (Å²) in [6, 6.07) is 0. The summed E-state index contributed by atoms with van der Waals surface area (Å²) in [4.78, 5) is 11.3. The van der Waals surface area contributed by atoms with Crippen molar-refractivity contribution in [2.45, 2.75) is 77.6 Å². The van der Waals surface area contributed by atoms with Crippen molar-refractivity contribution in [1.29, 1.82) is 0 Å². The molecule has 0 aromatic heterocycles. The molecule has 2 nitrogen and oxygen atoms in total. The highest BCUT2D eigenvalue weighted by Crippen LogP contribution is 2.08. The van der Waals surface area contributed by atoms with Gasteiger partial charge in [-0.3, -0.25) is 4.79 Å². The maximum atomic E-state index is 11.3. The van der Waals surface area contributed by atoms with Crippen molar-refractivity contribution in [3.05, 3.63) is 0 Å². The summed E-state index contributed by atoms with van der Waals surface area (Å²) in [6.45, 7) is 2.86. The van der Waals surface area contributed by atoms with Crippen molar-refractivity contribution >= 4 is 21.9 Å². The Kier molecular flexibility index (Phi) is 15.0. The highest BCUT2D eigenvalue weighted by atomic mass is 79.9. The van der Waals surface area contributed by atoms with E-state index in [2.05, 4.69) is 22.9 Å². The predicted octanol–water partition coefficient (Wildman–Crippen LogP) is 5.24. The monoisotopic (exact) mass is 320 g/mol. The largest absolute Gasteiger partial charge is 0.466 e. The van der Waals surface area contributed by atoms with Gasteiger partial charge in [0.05, 0.1) is 6.61 Å². The third-order valence-corrected chi connectivity index (χ3v) is 3.59. The van der Waals surface area contributed by atoms with Crippen molar-refractivity contribution in [3.63, 3.8) is 0 Å². The van der Waals surface area contributed by atoms with E-state index in [4.69, 9.17) is 4.74 Å². The van der Waals surface area contributed by atoms with Crippen molar-refractivity contribution < 1.29 is 9.53 Å². The minimum atomic E-state index is -0.0288. The van der Waals surface area contributed by atoms with Crippen molar-refractivity contribution in [1.82, 2.24) is 0 Å². The molecule has 0 bridgehead atoms. The molecule has 108 valence electrons. The molecule has 0 rings (SSSR count). The van der Waals surface area contributed by atoms with Crippen LogP contribution in [0.15, 0.2) is 0 Å². The van der Waals surface area contributed by atoms with Gasteiger partial charge in [-0.1, -0.05) is 67.8 Å². The highest BCUT2D eigenvalue weighted by Gasteiger charge is 2.01. The summed E-state index contributed by atoms with van der Waals surface area (Å²) in [5.74, 6) is -0.0288. The van der Waals surface area contributed by atoms with Crippen LogP contribution in [0, 0.1) is 0 Å². The zero-order valence-electron chi connectivity index (χ0n) is 11.9. The summed E-state index contributed by atoms with van der Waals surface area (Å²) >= 11 is 3.35. The van der Waals surface area contributed by atoms with Crippen LogP contribution in [0.4, 0.5) is 0 Å². The van der Waals surface area contributed by atoms with Gasteiger partial charge in [-0.2, -0.15) is 0 Å². The Morgan fingerprint density at radius 2 is 1.50 bits per heavy atom. The van der Waals surface area contributed by atoms with E-state index in [1.807, 2.05) is 0 Å². The molecule has 0 saturated heterocycles. The van der Waals surface area contributed by atoms with Crippen LogP contribution in [-0.2, 0) is 9.53 Å². The van der Waals surface area contributed by atoms with Gasteiger partial charge in [0.2, 0.25) is 0 Å². The third-order valence-electron chi connectivity index (χ3n) is 3.03. The average Bonchev–Trinajstić information content (AvgIpc) is 2.37. The molecule has 0 saturated carbocycles. The molecule has 0 unspecified atom stereocenters. The van der Waals surface area contributed by atoms with E-state index >= 15 is 0 Å². The van der Waals surface area contributed by atoms with Gasteiger partial charge >= 0.3 is 5.97 Å². The summed E-state index contributed by atoms with van der Waals surface area (Å²) in [5.41, 5.74) is 0.